The molecule has 0 aliphatic rings. The monoisotopic (exact) mass is 414 g/mol. The molecule has 10 heteroatoms. The Bertz CT molecular complexity index is 1060. The van der Waals surface area contributed by atoms with Gasteiger partial charge in [0.05, 0.1) is 11.1 Å². The second-order valence-electron chi connectivity index (χ2n) is 6.04. The third-order valence-electron chi connectivity index (χ3n) is 3.83. The summed E-state index contributed by atoms with van der Waals surface area (Å²) in [6.45, 7) is 0. The number of hydrogen-bond acceptors (Lipinski definition) is 7. The average Bonchev–Trinajstić information content (AvgIpc) is 3.04. The zero-order valence-electron chi connectivity index (χ0n) is 15.3. The Morgan fingerprint density at radius 1 is 1.32 bits per heavy atom. The standard InChI is InChI=1S/C18H18N6O2S2/c1-22(2)15-9-8-14(10-16(15)24(25)26)11-19-23-17(27)20-21-18(23)28-12-13-6-4-3-5-7-13/h3-11H,12H2,1-2H3,(H,20,27)/b19-11-. The van der Waals surface area contributed by atoms with Crippen molar-refractivity contribution >= 4 is 41.6 Å². The number of aromatic amines is 1. The summed E-state index contributed by atoms with van der Waals surface area (Å²) in [6, 6.07) is 15.0. The van der Waals surface area contributed by atoms with Crippen molar-refractivity contribution in [2.75, 3.05) is 19.0 Å². The molecule has 0 unspecified atom stereocenters. The first-order valence-corrected chi connectivity index (χ1v) is 9.69. The quantitative estimate of drug-likeness (QED) is 0.206. The fraction of sp³-hybridized carbons (Fsp3) is 0.167. The van der Waals surface area contributed by atoms with E-state index in [4.69, 9.17) is 12.2 Å². The number of thioether (sulfide) groups is 1. The first kappa shape index (κ1) is 19.8. The van der Waals surface area contributed by atoms with E-state index in [9.17, 15) is 10.1 Å². The van der Waals surface area contributed by atoms with Gasteiger partial charge in [0.25, 0.3) is 5.69 Å². The van der Waals surface area contributed by atoms with Crippen LogP contribution >= 0.6 is 24.0 Å². The third-order valence-corrected chi connectivity index (χ3v) is 5.10. The van der Waals surface area contributed by atoms with E-state index in [0.29, 0.717) is 21.2 Å². The number of benzene rings is 2. The first-order valence-electron chi connectivity index (χ1n) is 8.30. The van der Waals surface area contributed by atoms with Gasteiger partial charge in [0.1, 0.15) is 5.69 Å². The molecule has 1 heterocycles. The van der Waals surface area contributed by atoms with Gasteiger partial charge in [-0.1, -0.05) is 48.2 Å². The van der Waals surface area contributed by atoms with Gasteiger partial charge in [-0.25, -0.2) is 5.10 Å². The second kappa shape index (κ2) is 8.81. The summed E-state index contributed by atoms with van der Waals surface area (Å²) in [7, 11) is 3.52. The van der Waals surface area contributed by atoms with Crippen LogP contribution in [0.15, 0.2) is 58.8 Å². The van der Waals surface area contributed by atoms with E-state index in [0.717, 1.165) is 11.3 Å². The molecule has 1 aromatic heterocycles. The van der Waals surface area contributed by atoms with Gasteiger partial charge in [-0.3, -0.25) is 10.1 Å². The van der Waals surface area contributed by atoms with Crippen molar-refractivity contribution in [3.8, 4) is 0 Å². The molecular formula is C18H18N6O2S2. The Hall–Kier alpha value is -2.98. The number of aromatic nitrogens is 3. The van der Waals surface area contributed by atoms with Gasteiger partial charge >= 0.3 is 0 Å². The highest BCUT2D eigenvalue weighted by atomic mass is 32.2. The van der Waals surface area contributed by atoms with Crippen LogP contribution < -0.4 is 4.90 Å². The Labute approximate surface area is 171 Å². The normalized spacial score (nSPS) is 11.1. The van der Waals surface area contributed by atoms with Gasteiger partial charge in [0.2, 0.25) is 9.93 Å². The number of anilines is 1. The zero-order valence-corrected chi connectivity index (χ0v) is 16.9. The lowest BCUT2D eigenvalue weighted by molar-refractivity contribution is -0.384. The minimum absolute atomic E-state index is 0.0171. The van der Waals surface area contributed by atoms with Crippen LogP contribution in [0.1, 0.15) is 11.1 Å². The van der Waals surface area contributed by atoms with Gasteiger partial charge in [0, 0.05) is 31.5 Å². The molecule has 0 fully saturated rings. The molecule has 0 aliphatic carbocycles. The van der Waals surface area contributed by atoms with Crippen molar-refractivity contribution in [2.24, 2.45) is 5.10 Å². The largest absolute Gasteiger partial charge is 0.372 e. The number of nitro benzene ring substituents is 1. The molecule has 3 rings (SSSR count). The number of H-pyrrole nitrogens is 1. The van der Waals surface area contributed by atoms with Crippen molar-refractivity contribution in [1.29, 1.82) is 0 Å². The minimum atomic E-state index is -0.405. The van der Waals surface area contributed by atoms with Crippen molar-refractivity contribution in [3.63, 3.8) is 0 Å². The molecule has 3 aromatic rings. The predicted octanol–water partition coefficient (Wildman–Crippen LogP) is 4.09. The smallest absolute Gasteiger partial charge is 0.293 e. The van der Waals surface area contributed by atoms with E-state index in [1.165, 1.54) is 28.7 Å². The van der Waals surface area contributed by atoms with Crippen LogP contribution in [0.5, 0.6) is 0 Å². The molecule has 8 nitrogen and oxygen atoms in total. The summed E-state index contributed by atoms with van der Waals surface area (Å²) in [4.78, 5) is 12.6. The average molecular weight is 415 g/mol. The molecule has 144 valence electrons. The summed E-state index contributed by atoms with van der Waals surface area (Å²) in [6.07, 6.45) is 1.53. The molecule has 28 heavy (non-hydrogen) atoms. The molecule has 2 aromatic carbocycles. The van der Waals surface area contributed by atoms with Crippen molar-refractivity contribution in [2.45, 2.75) is 10.9 Å². The maximum absolute atomic E-state index is 11.3. The Morgan fingerprint density at radius 3 is 2.75 bits per heavy atom. The number of nitrogens with one attached hydrogen (secondary N) is 1. The van der Waals surface area contributed by atoms with Crippen molar-refractivity contribution in [1.82, 2.24) is 14.9 Å². The molecule has 0 saturated heterocycles. The molecule has 1 N–H and O–H groups in total. The molecule has 0 spiro atoms. The third kappa shape index (κ3) is 4.65. The van der Waals surface area contributed by atoms with Crippen molar-refractivity contribution < 1.29 is 4.92 Å². The van der Waals surface area contributed by atoms with Gasteiger partial charge in [0.15, 0.2) is 0 Å². The van der Waals surface area contributed by atoms with E-state index >= 15 is 0 Å². The maximum Gasteiger partial charge on any atom is 0.293 e. The summed E-state index contributed by atoms with van der Waals surface area (Å²) in [5.74, 6) is 0.721. The van der Waals surface area contributed by atoms with E-state index in [1.807, 2.05) is 30.3 Å². The topological polar surface area (TPSA) is 92.3 Å². The highest BCUT2D eigenvalue weighted by molar-refractivity contribution is 7.98. The van der Waals surface area contributed by atoms with Gasteiger partial charge in [-0.15, -0.1) is 5.10 Å². The Kier molecular flexibility index (Phi) is 6.22. The molecule has 0 amide bonds. The fourth-order valence-electron chi connectivity index (χ4n) is 2.46. The van der Waals surface area contributed by atoms with Crippen LogP contribution in [0.4, 0.5) is 11.4 Å². The lowest BCUT2D eigenvalue weighted by atomic mass is 10.2. The number of rotatable bonds is 7. The van der Waals surface area contributed by atoms with Crippen molar-refractivity contribution in [3.05, 3.63) is 74.5 Å². The number of nitro groups is 1. The summed E-state index contributed by atoms with van der Waals surface area (Å²) >= 11 is 6.74. The van der Waals surface area contributed by atoms with E-state index < -0.39 is 4.92 Å². The second-order valence-corrected chi connectivity index (χ2v) is 7.37. The van der Waals surface area contributed by atoms with Crippen LogP contribution in [0.3, 0.4) is 0 Å². The Morgan fingerprint density at radius 2 is 2.07 bits per heavy atom. The van der Waals surface area contributed by atoms with Crippen LogP contribution in [0.25, 0.3) is 0 Å². The van der Waals surface area contributed by atoms with E-state index in [1.54, 1.807) is 31.1 Å². The minimum Gasteiger partial charge on any atom is -0.372 e. The molecule has 0 aliphatic heterocycles. The SMILES string of the molecule is CN(C)c1ccc(/C=N\n2c(SCc3ccccc3)n[nH]c2=S)cc1[N+](=O)[O-]. The predicted molar refractivity (Wildman–Crippen MR) is 114 cm³/mol. The fourth-order valence-corrected chi connectivity index (χ4v) is 3.56. The van der Waals surface area contributed by atoms with Crippen LogP contribution in [0.2, 0.25) is 0 Å². The lowest BCUT2D eigenvalue weighted by Crippen LogP contribution is -2.11. The Balaban J connectivity index is 1.83. The zero-order chi connectivity index (χ0) is 20.1. The van der Waals surface area contributed by atoms with E-state index in [-0.39, 0.29) is 5.69 Å². The summed E-state index contributed by atoms with van der Waals surface area (Å²) in [5, 5.41) is 23.2. The maximum atomic E-state index is 11.3. The molecule has 0 atom stereocenters. The molecule has 0 saturated carbocycles. The van der Waals surface area contributed by atoms with Gasteiger partial charge in [-0.05, 0) is 23.8 Å². The van der Waals surface area contributed by atoms with Crippen LogP contribution in [0, 0.1) is 14.9 Å². The first-order chi connectivity index (χ1) is 13.5. The summed E-state index contributed by atoms with van der Waals surface area (Å²) < 4.78 is 1.86. The molecular weight excluding hydrogens is 396 g/mol. The van der Waals surface area contributed by atoms with E-state index in [2.05, 4.69) is 15.3 Å². The van der Waals surface area contributed by atoms with Crippen LogP contribution in [-0.2, 0) is 5.75 Å². The van der Waals surface area contributed by atoms with Gasteiger partial charge in [-0.2, -0.15) is 9.78 Å². The molecule has 0 radical (unpaired) electrons. The number of hydrogen-bond donors (Lipinski definition) is 1. The lowest BCUT2D eigenvalue weighted by Gasteiger charge is -2.12. The van der Waals surface area contributed by atoms with Gasteiger partial charge < -0.3 is 4.90 Å². The highest BCUT2D eigenvalue weighted by Crippen LogP contribution is 2.27. The van der Waals surface area contributed by atoms with Crippen LogP contribution in [-0.4, -0.2) is 40.1 Å². The highest BCUT2D eigenvalue weighted by Gasteiger charge is 2.15. The molecule has 0 bridgehead atoms. The number of nitrogens with zero attached hydrogens (tertiary/aromatic N) is 5. The summed E-state index contributed by atoms with van der Waals surface area (Å²) in [5.41, 5.74) is 2.30.